The lowest BCUT2D eigenvalue weighted by Gasteiger charge is -2.22. The van der Waals surface area contributed by atoms with E-state index in [9.17, 15) is 4.79 Å². The number of carbonyl (C=O) groups is 1. The van der Waals surface area contributed by atoms with E-state index in [4.69, 9.17) is 5.11 Å². The van der Waals surface area contributed by atoms with Crippen molar-refractivity contribution in [2.24, 2.45) is 0 Å². The summed E-state index contributed by atoms with van der Waals surface area (Å²) in [5, 5.41) is 8.67. The molecule has 1 N–H and O–H groups in total. The lowest BCUT2D eigenvalue weighted by Crippen LogP contribution is -2.26. The van der Waals surface area contributed by atoms with E-state index in [0.29, 0.717) is 0 Å². The van der Waals surface area contributed by atoms with Crippen LogP contribution in [0.3, 0.4) is 0 Å². The monoisotopic (exact) mass is 273 g/mol. The second-order valence-electron chi connectivity index (χ2n) is 5.47. The average Bonchev–Trinajstić information content (AvgIpc) is 3.26. The number of unbranched alkanes of at least 4 members (excludes halogenated alkanes) is 1. The van der Waals surface area contributed by atoms with Crippen molar-refractivity contribution in [3.05, 3.63) is 41.5 Å². The number of benzene rings is 1. The molecule has 0 heterocycles. The molecule has 1 aliphatic rings. The van der Waals surface area contributed by atoms with Crippen LogP contribution in [0.2, 0.25) is 0 Å². The van der Waals surface area contributed by atoms with Gasteiger partial charge in [-0.1, -0.05) is 37.6 Å². The standard InChI is InChI=1S/C17H23NO2/c1-2-3-11-18(16-8-9-16)13-15-6-4-5-14(12-15)7-10-17(19)20/h4-7,10,12,16H,2-3,8-9,11,13H2,1H3,(H,19,20). The third-order valence-corrected chi connectivity index (χ3v) is 3.62. The lowest BCUT2D eigenvalue weighted by molar-refractivity contribution is -0.131. The fraction of sp³-hybridized carbons (Fsp3) is 0.471. The number of hydrogen-bond donors (Lipinski definition) is 1. The van der Waals surface area contributed by atoms with Crippen LogP contribution in [-0.2, 0) is 11.3 Å². The Kier molecular flexibility index (Phi) is 5.36. The van der Waals surface area contributed by atoms with Gasteiger partial charge in [0, 0.05) is 18.7 Å². The zero-order valence-electron chi connectivity index (χ0n) is 12.1. The van der Waals surface area contributed by atoms with Gasteiger partial charge in [0.1, 0.15) is 0 Å². The second-order valence-corrected chi connectivity index (χ2v) is 5.47. The maximum atomic E-state index is 10.6. The summed E-state index contributed by atoms with van der Waals surface area (Å²) in [5.41, 5.74) is 2.22. The number of aliphatic carboxylic acids is 1. The van der Waals surface area contributed by atoms with Crippen molar-refractivity contribution >= 4 is 12.0 Å². The minimum Gasteiger partial charge on any atom is -0.478 e. The Labute approximate surface area is 120 Å². The highest BCUT2D eigenvalue weighted by atomic mass is 16.4. The number of carboxylic acid groups (broad SMARTS) is 1. The molecule has 0 amide bonds. The third kappa shape index (κ3) is 4.82. The molecule has 0 bridgehead atoms. The van der Waals surface area contributed by atoms with E-state index in [-0.39, 0.29) is 0 Å². The van der Waals surface area contributed by atoms with Gasteiger partial charge in [-0.25, -0.2) is 4.79 Å². The lowest BCUT2D eigenvalue weighted by atomic mass is 10.1. The zero-order valence-corrected chi connectivity index (χ0v) is 12.1. The van der Waals surface area contributed by atoms with Crippen LogP contribution < -0.4 is 0 Å². The van der Waals surface area contributed by atoms with Crippen LogP contribution in [0.25, 0.3) is 6.08 Å². The van der Waals surface area contributed by atoms with E-state index in [0.717, 1.165) is 24.7 Å². The van der Waals surface area contributed by atoms with E-state index >= 15 is 0 Å². The van der Waals surface area contributed by atoms with Crippen LogP contribution in [0.15, 0.2) is 30.3 Å². The van der Waals surface area contributed by atoms with E-state index in [2.05, 4.69) is 24.0 Å². The summed E-state index contributed by atoms with van der Waals surface area (Å²) >= 11 is 0. The minimum absolute atomic E-state index is 0.764. The van der Waals surface area contributed by atoms with E-state index in [1.807, 2.05) is 12.1 Å². The fourth-order valence-electron chi connectivity index (χ4n) is 2.39. The maximum absolute atomic E-state index is 10.6. The maximum Gasteiger partial charge on any atom is 0.328 e. The van der Waals surface area contributed by atoms with Crippen molar-refractivity contribution in [3.8, 4) is 0 Å². The van der Waals surface area contributed by atoms with Gasteiger partial charge in [-0.05, 0) is 43.0 Å². The Hall–Kier alpha value is -1.61. The summed E-state index contributed by atoms with van der Waals surface area (Å²) in [6.07, 6.45) is 7.96. The number of hydrogen-bond acceptors (Lipinski definition) is 2. The molecule has 1 aromatic carbocycles. The molecule has 1 aromatic rings. The van der Waals surface area contributed by atoms with Crippen LogP contribution in [0.5, 0.6) is 0 Å². The van der Waals surface area contributed by atoms with E-state index in [1.54, 1.807) is 6.08 Å². The van der Waals surface area contributed by atoms with E-state index < -0.39 is 5.97 Å². The first kappa shape index (κ1) is 14.8. The number of rotatable bonds is 8. The summed E-state index contributed by atoms with van der Waals surface area (Å²) < 4.78 is 0. The summed E-state index contributed by atoms with van der Waals surface area (Å²) in [4.78, 5) is 13.1. The van der Waals surface area contributed by atoms with Crippen molar-refractivity contribution in [1.29, 1.82) is 0 Å². The summed E-state index contributed by atoms with van der Waals surface area (Å²) in [6.45, 7) is 4.36. The average molecular weight is 273 g/mol. The highest BCUT2D eigenvalue weighted by Crippen LogP contribution is 2.28. The van der Waals surface area contributed by atoms with Crippen LogP contribution in [0, 0.1) is 0 Å². The Bertz CT molecular complexity index is 478. The topological polar surface area (TPSA) is 40.5 Å². The van der Waals surface area contributed by atoms with Crippen LogP contribution in [0.4, 0.5) is 0 Å². The van der Waals surface area contributed by atoms with Gasteiger partial charge >= 0.3 is 5.97 Å². The molecule has 0 spiro atoms. The van der Waals surface area contributed by atoms with Crippen molar-refractivity contribution in [1.82, 2.24) is 4.90 Å². The predicted octanol–water partition coefficient (Wildman–Crippen LogP) is 3.55. The Morgan fingerprint density at radius 1 is 1.45 bits per heavy atom. The van der Waals surface area contributed by atoms with E-state index in [1.165, 1.54) is 37.3 Å². The molecule has 0 unspecified atom stereocenters. The number of carboxylic acids is 1. The van der Waals surface area contributed by atoms with Crippen LogP contribution in [-0.4, -0.2) is 28.6 Å². The van der Waals surface area contributed by atoms with Gasteiger partial charge in [0.15, 0.2) is 0 Å². The molecule has 0 aromatic heterocycles. The second kappa shape index (κ2) is 7.25. The molecule has 20 heavy (non-hydrogen) atoms. The first-order valence-corrected chi connectivity index (χ1v) is 7.43. The van der Waals surface area contributed by atoms with Gasteiger partial charge in [0.05, 0.1) is 0 Å². The molecule has 1 saturated carbocycles. The van der Waals surface area contributed by atoms with Crippen LogP contribution in [0.1, 0.15) is 43.7 Å². The third-order valence-electron chi connectivity index (χ3n) is 3.62. The molecule has 2 rings (SSSR count). The SMILES string of the molecule is CCCCN(Cc1cccc(C=CC(=O)O)c1)C1CC1. The van der Waals surface area contributed by atoms with Gasteiger partial charge < -0.3 is 5.11 Å². The molecule has 0 saturated heterocycles. The molecule has 1 aliphatic carbocycles. The summed E-state index contributed by atoms with van der Waals surface area (Å²) in [7, 11) is 0. The summed E-state index contributed by atoms with van der Waals surface area (Å²) in [6, 6.07) is 8.91. The molecule has 0 aliphatic heterocycles. The van der Waals surface area contributed by atoms with Crippen molar-refractivity contribution in [2.75, 3.05) is 6.54 Å². The smallest absolute Gasteiger partial charge is 0.328 e. The predicted molar refractivity (Wildman–Crippen MR) is 81.5 cm³/mol. The fourth-order valence-corrected chi connectivity index (χ4v) is 2.39. The molecular formula is C17H23NO2. The molecular weight excluding hydrogens is 250 g/mol. The van der Waals surface area contributed by atoms with Crippen molar-refractivity contribution in [3.63, 3.8) is 0 Å². The summed E-state index contributed by atoms with van der Waals surface area (Å²) in [5.74, 6) is -0.905. The highest BCUT2D eigenvalue weighted by Gasteiger charge is 2.28. The molecule has 0 atom stereocenters. The minimum atomic E-state index is -0.905. The quantitative estimate of drug-likeness (QED) is 0.736. The molecule has 1 fully saturated rings. The molecule has 108 valence electrons. The first-order chi connectivity index (χ1) is 9.69. The zero-order chi connectivity index (χ0) is 14.4. The van der Waals surface area contributed by atoms with Gasteiger partial charge in [-0.2, -0.15) is 0 Å². The largest absolute Gasteiger partial charge is 0.478 e. The van der Waals surface area contributed by atoms with Gasteiger partial charge in [0.2, 0.25) is 0 Å². The number of nitrogens with zero attached hydrogens (tertiary/aromatic N) is 1. The highest BCUT2D eigenvalue weighted by molar-refractivity contribution is 5.85. The molecule has 3 heteroatoms. The van der Waals surface area contributed by atoms with Gasteiger partial charge in [-0.15, -0.1) is 0 Å². The Balaban J connectivity index is 2.00. The Morgan fingerprint density at radius 2 is 2.25 bits per heavy atom. The first-order valence-electron chi connectivity index (χ1n) is 7.43. The van der Waals surface area contributed by atoms with Crippen molar-refractivity contribution < 1.29 is 9.90 Å². The normalized spacial score (nSPS) is 15.1. The van der Waals surface area contributed by atoms with Crippen LogP contribution >= 0.6 is 0 Å². The van der Waals surface area contributed by atoms with Crippen molar-refractivity contribution in [2.45, 2.75) is 45.2 Å². The van der Waals surface area contributed by atoms with Gasteiger partial charge in [0.25, 0.3) is 0 Å². The molecule has 0 radical (unpaired) electrons. The molecule has 3 nitrogen and oxygen atoms in total. The Morgan fingerprint density at radius 3 is 2.90 bits per heavy atom. The van der Waals surface area contributed by atoms with Gasteiger partial charge in [-0.3, -0.25) is 4.90 Å².